The summed E-state index contributed by atoms with van der Waals surface area (Å²) in [7, 11) is -3.19. The van der Waals surface area contributed by atoms with Gasteiger partial charge in [0.1, 0.15) is 5.40 Å². The lowest BCUT2D eigenvalue weighted by atomic mass is 10.4. The van der Waals surface area contributed by atoms with Crippen LogP contribution in [0.5, 0.6) is 0 Å². The highest BCUT2D eigenvalue weighted by atomic mass is 33.1. The first kappa shape index (κ1) is 9.10. The normalized spacial score (nSPS) is 10.6. The highest BCUT2D eigenvalue weighted by molar-refractivity contribution is 8.73. The second kappa shape index (κ2) is 3.61. The van der Waals surface area contributed by atoms with E-state index >= 15 is 0 Å². The summed E-state index contributed by atoms with van der Waals surface area (Å²) < 4.78 is 22.3. The molecule has 0 aliphatic carbocycles. The van der Waals surface area contributed by atoms with Gasteiger partial charge in [-0.15, -0.1) is 0 Å². The third-order valence-electron chi connectivity index (χ3n) is 1.18. The molecule has 0 fully saturated rings. The van der Waals surface area contributed by atoms with Crippen molar-refractivity contribution >= 4 is 19.7 Å². The van der Waals surface area contributed by atoms with Gasteiger partial charge in [-0.25, -0.2) is 8.42 Å². The third kappa shape index (κ3) is 2.00. The maximum atomic E-state index is 11.2. The highest BCUT2D eigenvalue weighted by Gasteiger charge is 2.13. The summed E-state index contributed by atoms with van der Waals surface area (Å²) in [6.45, 7) is 0. The first-order valence-corrected chi connectivity index (χ1v) is 5.86. The van der Waals surface area contributed by atoms with Crippen molar-refractivity contribution in [2.24, 2.45) is 0 Å². The van der Waals surface area contributed by atoms with Crippen LogP contribution in [-0.4, -0.2) is 8.42 Å². The van der Waals surface area contributed by atoms with Crippen LogP contribution >= 0.6 is 10.8 Å². The minimum Gasteiger partial charge on any atom is -0.211 e. The van der Waals surface area contributed by atoms with Gasteiger partial charge in [-0.05, 0) is 12.1 Å². The Kier molecular flexibility index (Phi) is 2.74. The fourth-order valence-corrected chi connectivity index (χ4v) is 2.29. The predicted molar refractivity (Wildman–Crippen MR) is 46.8 cm³/mol. The van der Waals surface area contributed by atoms with Gasteiger partial charge in [-0.3, -0.25) is 0 Å². The molecule has 12 heavy (non-hydrogen) atoms. The molecule has 1 aromatic rings. The topological polar surface area (TPSA) is 57.9 Å². The Labute approximate surface area is 74.3 Å². The summed E-state index contributed by atoms with van der Waals surface area (Å²) in [5.41, 5.74) is 0. The molecule has 0 heterocycles. The van der Waals surface area contributed by atoms with Crippen LogP contribution < -0.4 is 0 Å². The Morgan fingerprint density at radius 1 is 1.25 bits per heavy atom. The lowest BCUT2D eigenvalue weighted by Gasteiger charge is -1.95. The van der Waals surface area contributed by atoms with Gasteiger partial charge in [-0.1, -0.05) is 18.2 Å². The molecular formula is C7H5NO2S2. The monoisotopic (exact) mass is 199 g/mol. The molecule has 3 nitrogen and oxygen atoms in total. The predicted octanol–water partition coefficient (Wildman–Crippen LogP) is 1.59. The molecular weight excluding hydrogens is 194 g/mol. The molecule has 62 valence electrons. The molecule has 0 saturated carbocycles. The Hall–Kier alpha value is -0.990. The summed E-state index contributed by atoms with van der Waals surface area (Å²) in [6.07, 6.45) is 0. The number of thiocyanates is 1. The lowest BCUT2D eigenvalue weighted by molar-refractivity contribution is 0.610. The zero-order valence-corrected chi connectivity index (χ0v) is 7.60. The maximum Gasteiger partial charge on any atom is 0.243 e. The van der Waals surface area contributed by atoms with E-state index in [1.807, 2.05) is 0 Å². The van der Waals surface area contributed by atoms with Crippen molar-refractivity contribution in [3.8, 4) is 5.40 Å². The molecule has 0 atom stereocenters. The molecule has 0 bridgehead atoms. The van der Waals surface area contributed by atoms with Crippen molar-refractivity contribution in [2.75, 3.05) is 0 Å². The van der Waals surface area contributed by atoms with E-state index in [-0.39, 0.29) is 15.7 Å². The van der Waals surface area contributed by atoms with E-state index in [2.05, 4.69) is 0 Å². The maximum absolute atomic E-state index is 11.2. The molecule has 0 unspecified atom stereocenters. The van der Waals surface area contributed by atoms with Gasteiger partial charge in [0.25, 0.3) is 0 Å². The van der Waals surface area contributed by atoms with Crippen LogP contribution in [0.3, 0.4) is 0 Å². The highest BCUT2D eigenvalue weighted by Crippen LogP contribution is 2.20. The van der Waals surface area contributed by atoms with Crippen molar-refractivity contribution in [3.63, 3.8) is 0 Å². The van der Waals surface area contributed by atoms with Crippen molar-refractivity contribution in [3.05, 3.63) is 30.3 Å². The third-order valence-corrected chi connectivity index (χ3v) is 3.78. The van der Waals surface area contributed by atoms with E-state index in [9.17, 15) is 8.42 Å². The molecule has 0 aromatic heterocycles. The molecule has 1 rings (SSSR count). The van der Waals surface area contributed by atoms with E-state index in [4.69, 9.17) is 5.26 Å². The molecule has 0 radical (unpaired) electrons. The van der Waals surface area contributed by atoms with E-state index in [1.54, 1.807) is 18.2 Å². The van der Waals surface area contributed by atoms with Crippen LogP contribution in [0.2, 0.25) is 0 Å². The molecule has 0 aliphatic rings. The van der Waals surface area contributed by atoms with Crippen LogP contribution in [0.25, 0.3) is 0 Å². The van der Waals surface area contributed by atoms with Crippen LogP contribution in [0, 0.1) is 10.7 Å². The first-order chi connectivity index (χ1) is 5.67. The largest absolute Gasteiger partial charge is 0.243 e. The lowest BCUT2D eigenvalue weighted by Crippen LogP contribution is -1.92. The van der Waals surface area contributed by atoms with Crippen LogP contribution in [0.15, 0.2) is 35.2 Å². The number of hydrogen-bond acceptors (Lipinski definition) is 4. The van der Waals surface area contributed by atoms with Gasteiger partial charge in [0, 0.05) is 0 Å². The molecule has 0 amide bonds. The summed E-state index contributed by atoms with van der Waals surface area (Å²) in [4.78, 5) is 0.163. The summed E-state index contributed by atoms with van der Waals surface area (Å²) in [5.74, 6) is 0. The van der Waals surface area contributed by atoms with Gasteiger partial charge in [-0.2, -0.15) is 5.26 Å². The minimum absolute atomic E-state index is 0.163. The quantitative estimate of drug-likeness (QED) is 0.536. The van der Waals surface area contributed by atoms with Crippen molar-refractivity contribution < 1.29 is 8.42 Å². The molecule has 0 spiro atoms. The fraction of sp³-hybridized carbons (Fsp3) is 0. The van der Waals surface area contributed by atoms with Gasteiger partial charge in [0.05, 0.1) is 15.7 Å². The summed E-state index contributed by atoms with van der Waals surface area (Å²) in [6, 6.07) is 7.87. The van der Waals surface area contributed by atoms with Crippen molar-refractivity contribution in [1.29, 1.82) is 5.26 Å². The van der Waals surface area contributed by atoms with Gasteiger partial charge in [0.15, 0.2) is 0 Å². The average Bonchev–Trinajstić information content (AvgIpc) is 2.06. The van der Waals surface area contributed by atoms with Crippen LogP contribution in [0.1, 0.15) is 0 Å². The fourth-order valence-electron chi connectivity index (χ4n) is 0.684. The molecule has 0 aliphatic heterocycles. The molecule has 0 N–H and O–H groups in total. The van der Waals surface area contributed by atoms with Crippen LogP contribution in [-0.2, 0) is 8.87 Å². The van der Waals surface area contributed by atoms with E-state index < -0.39 is 8.87 Å². The molecule has 1 aromatic carbocycles. The smallest absolute Gasteiger partial charge is 0.211 e. The van der Waals surface area contributed by atoms with Gasteiger partial charge < -0.3 is 0 Å². The number of benzene rings is 1. The zero-order valence-electron chi connectivity index (χ0n) is 5.97. The number of hydrogen-bond donors (Lipinski definition) is 0. The Morgan fingerprint density at radius 3 is 2.33 bits per heavy atom. The van der Waals surface area contributed by atoms with Crippen LogP contribution in [0.4, 0.5) is 0 Å². The van der Waals surface area contributed by atoms with E-state index in [0.717, 1.165) is 0 Å². The standard InChI is InChI=1S/C7H5NO2S2/c8-6-11-12(9,10)7-4-2-1-3-5-7/h1-5H. The van der Waals surface area contributed by atoms with Crippen molar-refractivity contribution in [2.45, 2.75) is 4.90 Å². The van der Waals surface area contributed by atoms with E-state index in [0.29, 0.717) is 0 Å². The number of nitrogens with zero attached hydrogens (tertiary/aromatic N) is 1. The second-order valence-electron chi connectivity index (χ2n) is 1.94. The Morgan fingerprint density at radius 2 is 1.83 bits per heavy atom. The Bertz CT molecular complexity index is 391. The summed E-state index contributed by atoms with van der Waals surface area (Å²) in [5, 5.41) is 9.73. The van der Waals surface area contributed by atoms with Gasteiger partial charge in [0.2, 0.25) is 8.87 Å². The van der Waals surface area contributed by atoms with Gasteiger partial charge >= 0.3 is 0 Å². The summed E-state index contributed by atoms with van der Waals surface area (Å²) >= 11 is 0. The first-order valence-electron chi connectivity index (χ1n) is 3.04. The van der Waals surface area contributed by atoms with Crippen molar-refractivity contribution in [1.82, 2.24) is 0 Å². The molecule has 5 heteroatoms. The average molecular weight is 199 g/mol. The minimum atomic E-state index is -3.45. The Balaban J connectivity index is 3.09. The zero-order chi connectivity index (χ0) is 9.03. The van der Waals surface area contributed by atoms with E-state index in [1.165, 1.54) is 17.5 Å². The number of nitriles is 1. The SMILES string of the molecule is N#CSS(=O)(=O)c1ccccc1. The second-order valence-corrected chi connectivity index (χ2v) is 5.49. The molecule has 0 saturated heterocycles. The number of rotatable bonds is 2.